The minimum absolute atomic E-state index is 0.0701. The van der Waals surface area contributed by atoms with Crippen LogP contribution >= 0.6 is 0 Å². The quantitative estimate of drug-likeness (QED) is 0.642. The van der Waals surface area contributed by atoms with Crippen LogP contribution in [0.4, 0.5) is 4.39 Å². The molecule has 0 radical (unpaired) electrons. The fourth-order valence-electron chi connectivity index (χ4n) is 4.53. The molecule has 0 aliphatic heterocycles. The first-order chi connectivity index (χ1) is 14.5. The van der Waals surface area contributed by atoms with E-state index < -0.39 is 0 Å². The van der Waals surface area contributed by atoms with Crippen molar-refractivity contribution >= 4 is 16.8 Å². The van der Waals surface area contributed by atoms with Crippen LogP contribution in [0.25, 0.3) is 10.9 Å². The summed E-state index contributed by atoms with van der Waals surface area (Å²) in [6.07, 6.45) is 5.86. The van der Waals surface area contributed by atoms with Gasteiger partial charge in [-0.3, -0.25) is 9.78 Å². The van der Waals surface area contributed by atoms with Gasteiger partial charge in [-0.15, -0.1) is 0 Å². The summed E-state index contributed by atoms with van der Waals surface area (Å²) in [6, 6.07) is 15.6. The predicted octanol–water partition coefficient (Wildman–Crippen LogP) is 5.34. The summed E-state index contributed by atoms with van der Waals surface area (Å²) in [4.78, 5) is 16.9. The van der Waals surface area contributed by atoms with Gasteiger partial charge in [0.05, 0.1) is 17.1 Å². The molecule has 1 saturated carbocycles. The monoisotopic (exact) mass is 401 g/mol. The third-order valence-corrected chi connectivity index (χ3v) is 6.29. The fourth-order valence-corrected chi connectivity index (χ4v) is 4.53. The average Bonchev–Trinajstić information content (AvgIpc) is 2.78. The van der Waals surface area contributed by atoms with Crippen LogP contribution in [0.2, 0.25) is 0 Å². The normalized spacial score (nSPS) is 19.8. The maximum atomic E-state index is 13.8. The van der Waals surface area contributed by atoms with Gasteiger partial charge in [-0.2, -0.15) is 5.26 Å². The van der Waals surface area contributed by atoms with Gasteiger partial charge in [0.2, 0.25) is 0 Å². The molecule has 5 heteroatoms. The van der Waals surface area contributed by atoms with Gasteiger partial charge < -0.3 is 5.32 Å². The smallest absolute Gasteiger partial charge is 0.251 e. The number of halogens is 1. The molecule has 0 saturated heterocycles. The van der Waals surface area contributed by atoms with Gasteiger partial charge in [0.25, 0.3) is 5.91 Å². The number of hydrogen-bond acceptors (Lipinski definition) is 3. The number of rotatable bonds is 4. The number of amides is 1. The van der Waals surface area contributed by atoms with Gasteiger partial charge in [-0.1, -0.05) is 0 Å². The summed E-state index contributed by atoms with van der Waals surface area (Å²) in [5.74, 6) is 0.456. The Kier molecular flexibility index (Phi) is 5.76. The molecule has 30 heavy (non-hydrogen) atoms. The van der Waals surface area contributed by atoms with Crippen molar-refractivity contribution in [3.63, 3.8) is 0 Å². The molecule has 1 amide bonds. The van der Waals surface area contributed by atoms with Crippen molar-refractivity contribution in [2.45, 2.75) is 44.6 Å². The molecule has 4 rings (SSSR count). The van der Waals surface area contributed by atoms with E-state index in [4.69, 9.17) is 5.26 Å². The zero-order valence-electron chi connectivity index (χ0n) is 16.9. The molecule has 0 unspecified atom stereocenters. The lowest BCUT2D eigenvalue weighted by Crippen LogP contribution is -2.39. The number of aromatic nitrogens is 1. The maximum Gasteiger partial charge on any atom is 0.251 e. The fraction of sp³-hybridized carbons (Fsp3) is 0.320. The Bertz CT molecular complexity index is 1100. The zero-order valence-corrected chi connectivity index (χ0v) is 16.9. The molecule has 1 fully saturated rings. The van der Waals surface area contributed by atoms with Crippen molar-refractivity contribution in [1.29, 1.82) is 5.26 Å². The van der Waals surface area contributed by atoms with Crippen molar-refractivity contribution in [3.05, 3.63) is 77.2 Å². The van der Waals surface area contributed by atoms with Crippen LogP contribution in [0.1, 0.15) is 60.0 Å². The summed E-state index contributed by atoms with van der Waals surface area (Å²) in [6.45, 7) is 2.06. The molecule has 1 atom stereocenters. The second-order valence-electron chi connectivity index (χ2n) is 8.12. The molecule has 1 aliphatic carbocycles. The Morgan fingerprint density at radius 2 is 1.87 bits per heavy atom. The number of pyridine rings is 1. The Hall–Kier alpha value is -3.26. The van der Waals surface area contributed by atoms with Crippen molar-refractivity contribution < 1.29 is 9.18 Å². The number of fused-ring (bicyclic) bond motifs is 1. The Morgan fingerprint density at radius 3 is 2.57 bits per heavy atom. The number of carbonyl (C=O) groups excluding carboxylic acids is 1. The minimum atomic E-state index is -0.232. The van der Waals surface area contributed by atoms with E-state index in [1.807, 2.05) is 12.3 Å². The average molecular weight is 401 g/mol. The van der Waals surface area contributed by atoms with E-state index in [-0.39, 0.29) is 17.8 Å². The van der Waals surface area contributed by atoms with Crippen molar-refractivity contribution in [3.8, 4) is 6.07 Å². The molecule has 3 aromatic rings. The molecule has 0 spiro atoms. The van der Waals surface area contributed by atoms with E-state index in [2.05, 4.69) is 23.3 Å². The first kappa shape index (κ1) is 20.0. The third-order valence-electron chi connectivity index (χ3n) is 6.29. The van der Waals surface area contributed by atoms with Crippen molar-refractivity contribution in [2.24, 2.45) is 5.92 Å². The molecule has 0 bridgehead atoms. The molecule has 1 aromatic heterocycles. The number of carbonyl (C=O) groups is 1. The molecule has 1 heterocycles. The highest BCUT2D eigenvalue weighted by molar-refractivity contribution is 5.94. The Balaban J connectivity index is 1.39. The van der Waals surface area contributed by atoms with E-state index in [9.17, 15) is 9.18 Å². The van der Waals surface area contributed by atoms with Crippen LogP contribution in [-0.2, 0) is 0 Å². The lowest BCUT2D eigenvalue weighted by molar-refractivity contribution is 0.0918. The molecule has 1 N–H and O–H groups in total. The maximum absolute atomic E-state index is 13.8. The Labute approximate surface area is 175 Å². The van der Waals surface area contributed by atoms with Gasteiger partial charge in [0.1, 0.15) is 5.82 Å². The first-order valence-electron chi connectivity index (χ1n) is 10.4. The lowest BCUT2D eigenvalue weighted by Gasteiger charge is -2.33. The second kappa shape index (κ2) is 8.62. The topological polar surface area (TPSA) is 65.8 Å². The van der Waals surface area contributed by atoms with Crippen molar-refractivity contribution in [1.82, 2.24) is 10.3 Å². The van der Waals surface area contributed by atoms with E-state index in [1.54, 1.807) is 36.4 Å². The standard InChI is InChI=1S/C25H24FN3O/c1-16(29-25(30)20-4-2-17(15-27)3-5-20)18-6-8-19(9-7-18)22-12-13-28-24-11-10-21(26)14-23(22)24/h2-5,10-14,16,18-19H,6-9H2,1H3,(H,29,30)/t16-,18?,19?/m1/s1. The van der Waals surface area contributed by atoms with Crippen LogP contribution in [0.3, 0.4) is 0 Å². The SMILES string of the molecule is C[C@@H](NC(=O)c1ccc(C#N)cc1)C1CCC(c2ccnc3ccc(F)cc23)CC1. The number of hydrogen-bond donors (Lipinski definition) is 1. The highest BCUT2D eigenvalue weighted by atomic mass is 19.1. The zero-order chi connectivity index (χ0) is 21.1. The number of nitrogens with one attached hydrogen (secondary N) is 1. The summed E-state index contributed by atoms with van der Waals surface area (Å²) >= 11 is 0. The van der Waals surface area contributed by atoms with Crippen LogP contribution in [0.5, 0.6) is 0 Å². The molecular formula is C25H24FN3O. The highest BCUT2D eigenvalue weighted by Gasteiger charge is 2.28. The molecule has 152 valence electrons. The van der Waals surface area contributed by atoms with Gasteiger partial charge >= 0.3 is 0 Å². The van der Waals surface area contributed by atoms with Crippen molar-refractivity contribution in [2.75, 3.05) is 0 Å². The third kappa shape index (κ3) is 4.18. The van der Waals surface area contributed by atoms with Crippen LogP contribution < -0.4 is 5.32 Å². The molecule has 4 nitrogen and oxygen atoms in total. The molecule has 2 aromatic carbocycles. The predicted molar refractivity (Wildman–Crippen MR) is 114 cm³/mol. The number of nitrogens with zero attached hydrogens (tertiary/aromatic N) is 2. The van der Waals surface area contributed by atoms with Crippen LogP contribution in [-0.4, -0.2) is 16.9 Å². The Morgan fingerprint density at radius 1 is 1.13 bits per heavy atom. The second-order valence-corrected chi connectivity index (χ2v) is 8.12. The van der Waals surface area contributed by atoms with E-state index >= 15 is 0 Å². The van der Waals surface area contributed by atoms with E-state index in [0.29, 0.717) is 23.0 Å². The van der Waals surface area contributed by atoms with Gasteiger partial charge in [-0.05, 0) is 98.5 Å². The number of benzene rings is 2. The highest BCUT2D eigenvalue weighted by Crippen LogP contribution is 2.39. The summed E-state index contributed by atoms with van der Waals surface area (Å²) in [7, 11) is 0. The summed E-state index contributed by atoms with van der Waals surface area (Å²) in [5.41, 5.74) is 3.12. The van der Waals surface area contributed by atoms with E-state index in [1.165, 1.54) is 11.6 Å². The lowest BCUT2D eigenvalue weighted by atomic mass is 9.75. The minimum Gasteiger partial charge on any atom is -0.349 e. The van der Waals surface area contributed by atoms with Gasteiger partial charge in [0, 0.05) is 23.2 Å². The largest absolute Gasteiger partial charge is 0.349 e. The molecular weight excluding hydrogens is 377 g/mol. The van der Waals surface area contributed by atoms with E-state index in [0.717, 1.165) is 36.6 Å². The van der Waals surface area contributed by atoms with Crippen LogP contribution in [0, 0.1) is 23.1 Å². The first-order valence-corrected chi connectivity index (χ1v) is 10.4. The van der Waals surface area contributed by atoms with Gasteiger partial charge in [-0.25, -0.2) is 4.39 Å². The summed E-state index contributed by atoms with van der Waals surface area (Å²) < 4.78 is 13.8. The molecule has 1 aliphatic rings. The van der Waals surface area contributed by atoms with Gasteiger partial charge in [0.15, 0.2) is 0 Å². The summed E-state index contributed by atoms with van der Waals surface area (Å²) in [5, 5.41) is 12.9. The number of nitriles is 1. The van der Waals surface area contributed by atoms with Crippen LogP contribution in [0.15, 0.2) is 54.7 Å².